The van der Waals surface area contributed by atoms with E-state index in [1.165, 1.54) is 5.69 Å². The number of aromatic nitrogens is 1. The average molecular weight is 134 g/mol. The van der Waals surface area contributed by atoms with Gasteiger partial charge in [0.15, 0.2) is 0 Å². The zero-order valence-corrected chi connectivity index (χ0v) is 6.25. The van der Waals surface area contributed by atoms with Crippen LogP contribution in [0, 0.1) is 6.92 Å². The van der Waals surface area contributed by atoms with E-state index in [2.05, 4.69) is 29.7 Å². The standard InChI is InChI=1S/C9H12N/c1-3-4-6-9-7-5-8-10(9)2/h4-8H,1,3H2,2H3/b6-4+. The highest BCUT2D eigenvalue weighted by Gasteiger charge is 1.87. The fraction of sp³-hybridized carbons (Fsp3) is 0.222. The lowest BCUT2D eigenvalue weighted by Gasteiger charge is -1.93. The Kier molecular flexibility index (Phi) is 2.32. The first-order valence-electron chi connectivity index (χ1n) is 3.41. The zero-order chi connectivity index (χ0) is 7.40. The van der Waals surface area contributed by atoms with E-state index in [-0.39, 0.29) is 0 Å². The fourth-order valence-electron chi connectivity index (χ4n) is 0.852. The SMILES string of the molecule is [CH2]C/C=C/c1cccn1C. The Morgan fingerprint density at radius 2 is 2.50 bits per heavy atom. The monoisotopic (exact) mass is 134 g/mol. The number of aryl methyl sites for hydroxylation is 1. The maximum atomic E-state index is 3.72. The van der Waals surface area contributed by atoms with Gasteiger partial charge in [-0.05, 0) is 31.6 Å². The maximum absolute atomic E-state index is 3.72. The van der Waals surface area contributed by atoms with Gasteiger partial charge in [-0.2, -0.15) is 0 Å². The summed E-state index contributed by atoms with van der Waals surface area (Å²) in [7, 11) is 2.03. The molecular weight excluding hydrogens is 122 g/mol. The molecule has 0 bridgehead atoms. The molecule has 10 heavy (non-hydrogen) atoms. The van der Waals surface area contributed by atoms with Gasteiger partial charge in [0.2, 0.25) is 0 Å². The van der Waals surface area contributed by atoms with Gasteiger partial charge in [-0.25, -0.2) is 0 Å². The van der Waals surface area contributed by atoms with Crippen LogP contribution >= 0.6 is 0 Å². The van der Waals surface area contributed by atoms with Crippen LogP contribution < -0.4 is 0 Å². The second-order valence-corrected chi connectivity index (χ2v) is 2.24. The van der Waals surface area contributed by atoms with Gasteiger partial charge < -0.3 is 4.57 Å². The topological polar surface area (TPSA) is 4.93 Å². The van der Waals surface area contributed by atoms with E-state index in [1.54, 1.807) is 0 Å². The van der Waals surface area contributed by atoms with E-state index in [0.29, 0.717) is 0 Å². The minimum Gasteiger partial charge on any atom is -0.351 e. The van der Waals surface area contributed by atoms with Gasteiger partial charge in [-0.15, -0.1) is 0 Å². The Labute approximate surface area is 62.0 Å². The summed E-state index contributed by atoms with van der Waals surface area (Å²) in [6.45, 7) is 3.72. The minimum atomic E-state index is 0.852. The normalized spacial score (nSPS) is 11.0. The van der Waals surface area contributed by atoms with Crippen LogP contribution in [0.15, 0.2) is 24.4 Å². The summed E-state index contributed by atoms with van der Waals surface area (Å²) in [6.07, 6.45) is 7.01. The van der Waals surface area contributed by atoms with Crippen LogP contribution in [-0.2, 0) is 7.05 Å². The smallest absolute Gasteiger partial charge is 0.0400 e. The number of hydrogen-bond acceptors (Lipinski definition) is 0. The molecule has 1 rings (SSSR count). The first-order valence-corrected chi connectivity index (χ1v) is 3.41. The Morgan fingerprint density at radius 1 is 1.70 bits per heavy atom. The molecule has 1 radical (unpaired) electrons. The molecule has 0 amide bonds. The molecule has 1 heteroatoms. The van der Waals surface area contributed by atoms with Crippen molar-refractivity contribution >= 4 is 6.08 Å². The molecule has 0 aromatic carbocycles. The third-order valence-corrected chi connectivity index (χ3v) is 1.44. The van der Waals surface area contributed by atoms with Gasteiger partial charge >= 0.3 is 0 Å². The third kappa shape index (κ3) is 1.50. The molecule has 0 saturated carbocycles. The summed E-state index contributed by atoms with van der Waals surface area (Å²) in [5, 5.41) is 0. The Bertz CT molecular complexity index is 220. The molecule has 0 saturated heterocycles. The van der Waals surface area contributed by atoms with Gasteiger partial charge in [0, 0.05) is 18.9 Å². The van der Waals surface area contributed by atoms with Crippen molar-refractivity contribution in [3.8, 4) is 0 Å². The van der Waals surface area contributed by atoms with Crippen LogP contribution in [-0.4, -0.2) is 4.57 Å². The second kappa shape index (κ2) is 3.25. The van der Waals surface area contributed by atoms with Crippen molar-refractivity contribution in [3.63, 3.8) is 0 Å². The molecule has 0 fully saturated rings. The predicted octanol–water partition coefficient (Wildman–Crippen LogP) is 2.26. The van der Waals surface area contributed by atoms with Crippen LogP contribution in [0.2, 0.25) is 0 Å². The average Bonchev–Trinajstić information content (AvgIpc) is 2.31. The lowest BCUT2D eigenvalue weighted by atomic mass is 10.3. The molecule has 53 valence electrons. The molecule has 1 nitrogen and oxygen atoms in total. The molecule has 0 aliphatic heterocycles. The van der Waals surface area contributed by atoms with E-state index < -0.39 is 0 Å². The van der Waals surface area contributed by atoms with Crippen molar-refractivity contribution in [3.05, 3.63) is 37.0 Å². The summed E-state index contributed by atoms with van der Waals surface area (Å²) in [5.41, 5.74) is 1.23. The van der Waals surface area contributed by atoms with Crippen molar-refractivity contribution in [1.29, 1.82) is 0 Å². The maximum Gasteiger partial charge on any atom is 0.0400 e. The van der Waals surface area contributed by atoms with Crippen molar-refractivity contribution in [2.45, 2.75) is 6.42 Å². The van der Waals surface area contributed by atoms with Gasteiger partial charge in [0.05, 0.1) is 0 Å². The third-order valence-electron chi connectivity index (χ3n) is 1.44. The lowest BCUT2D eigenvalue weighted by Crippen LogP contribution is -1.86. The predicted molar refractivity (Wildman–Crippen MR) is 44.4 cm³/mol. The highest BCUT2D eigenvalue weighted by molar-refractivity contribution is 5.45. The highest BCUT2D eigenvalue weighted by Crippen LogP contribution is 2.01. The molecule has 1 aromatic rings. The van der Waals surface area contributed by atoms with Gasteiger partial charge in [0.25, 0.3) is 0 Å². The molecule has 0 spiro atoms. The summed E-state index contributed by atoms with van der Waals surface area (Å²) in [4.78, 5) is 0. The largest absolute Gasteiger partial charge is 0.351 e. The number of nitrogens with zero attached hydrogens (tertiary/aromatic N) is 1. The van der Waals surface area contributed by atoms with E-state index in [9.17, 15) is 0 Å². The van der Waals surface area contributed by atoms with Crippen LogP contribution in [0.3, 0.4) is 0 Å². The number of hydrogen-bond donors (Lipinski definition) is 0. The molecule has 0 unspecified atom stereocenters. The molecule has 0 N–H and O–H groups in total. The van der Waals surface area contributed by atoms with Crippen molar-refractivity contribution < 1.29 is 0 Å². The molecule has 1 heterocycles. The first kappa shape index (κ1) is 7.13. The van der Waals surface area contributed by atoms with E-state index in [1.807, 2.05) is 19.3 Å². The Morgan fingerprint density at radius 3 is 3.00 bits per heavy atom. The molecule has 0 aliphatic rings. The van der Waals surface area contributed by atoms with Gasteiger partial charge in [-0.3, -0.25) is 0 Å². The van der Waals surface area contributed by atoms with E-state index in [0.717, 1.165) is 6.42 Å². The van der Waals surface area contributed by atoms with Gasteiger partial charge in [0.1, 0.15) is 0 Å². The molecule has 0 aliphatic carbocycles. The highest BCUT2D eigenvalue weighted by atomic mass is 14.9. The second-order valence-electron chi connectivity index (χ2n) is 2.24. The Balaban J connectivity index is 2.74. The lowest BCUT2D eigenvalue weighted by molar-refractivity contribution is 0.914. The zero-order valence-electron chi connectivity index (χ0n) is 6.25. The minimum absolute atomic E-state index is 0.852. The van der Waals surface area contributed by atoms with Crippen LogP contribution in [0.25, 0.3) is 6.08 Å². The molecule has 0 atom stereocenters. The van der Waals surface area contributed by atoms with Gasteiger partial charge in [-0.1, -0.05) is 6.08 Å². The van der Waals surface area contributed by atoms with Crippen molar-refractivity contribution in [2.75, 3.05) is 0 Å². The van der Waals surface area contributed by atoms with E-state index in [4.69, 9.17) is 0 Å². The quantitative estimate of drug-likeness (QED) is 0.584. The first-order chi connectivity index (χ1) is 4.84. The summed E-state index contributed by atoms with van der Waals surface area (Å²) in [5.74, 6) is 0. The fourth-order valence-corrected chi connectivity index (χ4v) is 0.852. The number of allylic oxidation sites excluding steroid dienone is 1. The summed E-state index contributed by atoms with van der Waals surface area (Å²) >= 11 is 0. The van der Waals surface area contributed by atoms with Crippen molar-refractivity contribution in [1.82, 2.24) is 4.57 Å². The van der Waals surface area contributed by atoms with Crippen LogP contribution in [0.4, 0.5) is 0 Å². The summed E-state index contributed by atoms with van der Waals surface area (Å²) < 4.78 is 2.08. The van der Waals surface area contributed by atoms with Crippen LogP contribution in [0.5, 0.6) is 0 Å². The molecular formula is C9H12N. The van der Waals surface area contributed by atoms with Crippen molar-refractivity contribution in [2.24, 2.45) is 7.05 Å². The summed E-state index contributed by atoms with van der Waals surface area (Å²) in [6, 6.07) is 4.11. The van der Waals surface area contributed by atoms with Crippen LogP contribution in [0.1, 0.15) is 12.1 Å². The Hall–Kier alpha value is -0.980. The number of rotatable bonds is 2. The van der Waals surface area contributed by atoms with E-state index >= 15 is 0 Å². The molecule has 1 aromatic heterocycles.